The number of amides is 1. The van der Waals surface area contributed by atoms with E-state index in [1.807, 2.05) is 6.92 Å². The number of aromatic amines is 1. The van der Waals surface area contributed by atoms with E-state index in [0.717, 1.165) is 24.2 Å². The molecule has 2 rings (SSSR count). The van der Waals surface area contributed by atoms with E-state index >= 15 is 0 Å². The summed E-state index contributed by atoms with van der Waals surface area (Å²) in [5.41, 5.74) is 2.34. The van der Waals surface area contributed by atoms with Crippen LogP contribution in [0.15, 0.2) is 24.3 Å². The minimum Gasteiger partial charge on any atom is -0.332 e. The van der Waals surface area contributed by atoms with Crippen LogP contribution in [0.25, 0.3) is 0 Å². The summed E-state index contributed by atoms with van der Waals surface area (Å²) in [6, 6.07) is 8.24. The Morgan fingerprint density at radius 2 is 1.95 bits per heavy atom. The monoisotopic (exact) mass is 286 g/mol. The lowest BCUT2D eigenvalue weighted by molar-refractivity contribution is 0.0731. The van der Waals surface area contributed by atoms with Crippen molar-refractivity contribution in [2.45, 2.75) is 40.2 Å². The molecule has 0 bridgehead atoms. The predicted molar refractivity (Wildman–Crippen MR) is 82.0 cm³/mol. The molecule has 0 radical (unpaired) electrons. The number of rotatable bonds is 6. The SMILES string of the molecule is CCCN(Cc1ccc(C)cc1)C(=O)c1n[nH]c(CC)n1. The van der Waals surface area contributed by atoms with Gasteiger partial charge in [0.25, 0.3) is 5.91 Å². The lowest BCUT2D eigenvalue weighted by Gasteiger charge is -2.20. The number of nitrogens with one attached hydrogen (secondary N) is 1. The molecule has 0 unspecified atom stereocenters. The molecule has 0 saturated heterocycles. The summed E-state index contributed by atoms with van der Waals surface area (Å²) in [5, 5.41) is 6.81. The number of hydrogen-bond donors (Lipinski definition) is 1. The molecule has 0 atom stereocenters. The van der Waals surface area contributed by atoms with Gasteiger partial charge in [0.15, 0.2) is 0 Å². The van der Waals surface area contributed by atoms with Crippen molar-refractivity contribution in [3.63, 3.8) is 0 Å². The molecule has 0 spiro atoms. The number of aryl methyl sites for hydroxylation is 2. The van der Waals surface area contributed by atoms with Crippen molar-refractivity contribution in [1.29, 1.82) is 0 Å². The van der Waals surface area contributed by atoms with Crippen LogP contribution in [0, 0.1) is 6.92 Å². The average molecular weight is 286 g/mol. The molecule has 0 saturated carbocycles. The van der Waals surface area contributed by atoms with Crippen LogP contribution < -0.4 is 0 Å². The highest BCUT2D eigenvalue weighted by Gasteiger charge is 2.19. The molecule has 2 aromatic rings. The molecule has 112 valence electrons. The normalized spacial score (nSPS) is 10.6. The number of H-pyrrole nitrogens is 1. The van der Waals surface area contributed by atoms with Crippen molar-refractivity contribution in [3.8, 4) is 0 Å². The van der Waals surface area contributed by atoms with Crippen LogP contribution in [0.5, 0.6) is 0 Å². The summed E-state index contributed by atoms with van der Waals surface area (Å²) in [6.45, 7) is 7.38. The number of hydrogen-bond acceptors (Lipinski definition) is 3. The molecule has 1 heterocycles. The topological polar surface area (TPSA) is 61.9 Å². The van der Waals surface area contributed by atoms with Crippen LogP contribution in [-0.4, -0.2) is 32.5 Å². The number of benzene rings is 1. The zero-order chi connectivity index (χ0) is 15.2. The van der Waals surface area contributed by atoms with Crippen LogP contribution in [0.2, 0.25) is 0 Å². The average Bonchev–Trinajstić information content (AvgIpc) is 2.97. The molecule has 5 heteroatoms. The highest BCUT2D eigenvalue weighted by molar-refractivity contribution is 5.90. The van der Waals surface area contributed by atoms with Gasteiger partial charge in [-0.3, -0.25) is 9.89 Å². The molecule has 1 aromatic carbocycles. The molecule has 1 aromatic heterocycles. The number of carbonyl (C=O) groups excluding carboxylic acids is 1. The van der Waals surface area contributed by atoms with Crippen LogP contribution >= 0.6 is 0 Å². The van der Waals surface area contributed by atoms with Crippen LogP contribution in [0.1, 0.15) is 47.8 Å². The molecule has 5 nitrogen and oxygen atoms in total. The van der Waals surface area contributed by atoms with Crippen molar-refractivity contribution in [2.24, 2.45) is 0 Å². The summed E-state index contributed by atoms with van der Waals surface area (Å²) in [7, 11) is 0. The van der Waals surface area contributed by atoms with Crippen molar-refractivity contribution >= 4 is 5.91 Å². The Balaban J connectivity index is 2.13. The Labute approximate surface area is 125 Å². The third kappa shape index (κ3) is 3.90. The fraction of sp³-hybridized carbons (Fsp3) is 0.438. The van der Waals surface area contributed by atoms with E-state index in [2.05, 4.69) is 53.3 Å². The predicted octanol–water partition coefficient (Wildman–Crippen LogP) is 2.73. The summed E-state index contributed by atoms with van der Waals surface area (Å²) in [4.78, 5) is 18.5. The van der Waals surface area contributed by atoms with E-state index in [1.54, 1.807) is 4.90 Å². The number of nitrogens with zero attached hydrogens (tertiary/aromatic N) is 3. The van der Waals surface area contributed by atoms with Crippen molar-refractivity contribution in [1.82, 2.24) is 20.1 Å². The highest BCUT2D eigenvalue weighted by atomic mass is 16.2. The molecule has 0 aliphatic carbocycles. The first kappa shape index (κ1) is 15.2. The Kier molecular flexibility index (Phi) is 5.09. The maximum absolute atomic E-state index is 12.5. The standard InChI is InChI=1S/C16H22N4O/c1-4-10-20(11-13-8-6-12(3)7-9-13)16(21)15-17-14(5-2)18-19-15/h6-9H,4-5,10-11H2,1-3H3,(H,17,18,19). The first-order chi connectivity index (χ1) is 10.1. The van der Waals surface area contributed by atoms with Gasteiger partial charge < -0.3 is 4.90 Å². The minimum atomic E-state index is -0.117. The van der Waals surface area contributed by atoms with Crippen LogP contribution in [0.3, 0.4) is 0 Å². The quantitative estimate of drug-likeness (QED) is 0.888. The van der Waals surface area contributed by atoms with E-state index in [4.69, 9.17) is 0 Å². The zero-order valence-electron chi connectivity index (χ0n) is 12.9. The molecule has 21 heavy (non-hydrogen) atoms. The summed E-state index contributed by atoms with van der Waals surface area (Å²) < 4.78 is 0. The fourth-order valence-electron chi connectivity index (χ4n) is 2.13. The second-order valence-electron chi connectivity index (χ2n) is 5.17. The second kappa shape index (κ2) is 7.02. The highest BCUT2D eigenvalue weighted by Crippen LogP contribution is 2.10. The van der Waals surface area contributed by atoms with E-state index in [1.165, 1.54) is 5.56 Å². The van der Waals surface area contributed by atoms with Gasteiger partial charge in [-0.2, -0.15) is 0 Å². The molecule has 0 aliphatic heterocycles. The van der Waals surface area contributed by atoms with Gasteiger partial charge in [0.05, 0.1) is 0 Å². The van der Waals surface area contributed by atoms with Crippen LogP contribution in [-0.2, 0) is 13.0 Å². The fourth-order valence-corrected chi connectivity index (χ4v) is 2.13. The summed E-state index contributed by atoms with van der Waals surface area (Å²) >= 11 is 0. The molecule has 0 aliphatic rings. The molecule has 1 N–H and O–H groups in total. The van der Waals surface area contributed by atoms with Gasteiger partial charge in [0, 0.05) is 19.5 Å². The molecular weight excluding hydrogens is 264 g/mol. The van der Waals surface area contributed by atoms with Crippen molar-refractivity contribution < 1.29 is 4.79 Å². The largest absolute Gasteiger partial charge is 0.332 e. The lowest BCUT2D eigenvalue weighted by Crippen LogP contribution is -2.32. The Bertz CT molecular complexity index is 589. The maximum Gasteiger partial charge on any atom is 0.293 e. The smallest absolute Gasteiger partial charge is 0.293 e. The van der Waals surface area contributed by atoms with Gasteiger partial charge in [0.2, 0.25) is 5.82 Å². The lowest BCUT2D eigenvalue weighted by atomic mass is 10.1. The molecule has 0 fully saturated rings. The number of carbonyl (C=O) groups is 1. The Morgan fingerprint density at radius 3 is 2.52 bits per heavy atom. The Hall–Kier alpha value is -2.17. The summed E-state index contributed by atoms with van der Waals surface area (Å²) in [5.74, 6) is 0.880. The zero-order valence-corrected chi connectivity index (χ0v) is 12.9. The van der Waals surface area contributed by atoms with Crippen LogP contribution in [0.4, 0.5) is 0 Å². The number of aromatic nitrogens is 3. The van der Waals surface area contributed by atoms with Crippen molar-refractivity contribution in [2.75, 3.05) is 6.54 Å². The summed E-state index contributed by atoms with van der Waals surface area (Å²) in [6.07, 6.45) is 1.65. The molecular formula is C16H22N4O. The van der Waals surface area contributed by atoms with Gasteiger partial charge in [-0.1, -0.05) is 43.7 Å². The van der Waals surface area contributed by atoms with E-state index in [0.29, 0.717) is 13.1 Å². The van der Waals surface area contributed by atoms with Crippen molar-refractivity contribution in [3.05, 3.63) is 47.0 Å². The van der Waals surface area contributed by atoms with Gasteiger partial charge in [-0.25, -0.2) is 4.98 Å². The Morgan fingerprint density at radius 1 is 1.24 bits per heavy atom. The van der Waals surface area contributed by atoms with E-state index < -0.39 is 0 Å². The van der Waals surface area contributed by atoms with Gasteiger partial charge >= 0.3 is 0 Å². The van der Waals surface area contributed by atoms with E-state index in [9.17, 15) is 4.79 Å². The first-order valence-corrected chi connectivity index (χ1v) is 7.40. The van der Waals surface area contributed by atoms with Gasteiger partial charge in [0.1, 0.15) is 5.82 Å². The van der Waals surface area contributed by atoms with Gasteiger partial charge in [-0.15, -0.1) is 5.10 Å². The third-order valence-electron chi connectivity index (χ3n) is 3.33. The first-order valence-electron chi connectivity index (χ1n) is 7.40. The second-order valence-corrected chi connectivity index (χ2v) is 5.17. The minimum absolute atomic E-state index is 0.117. The molecule has 1 amide bonds. The van der Waals surface area contributed by atoms with Gasteiger partial charge in [-0.05, 0) is 18.9 Å². The maximum atomic E-state index is 12.5. The third-order valence-corrected chi connectivity index (χ3v) is 3.33. The van der Waals surface area contributed by atoms with E-state index in [-0.39, 0.29) is 11.7 Å².